The fraction of sp³-hybridized carbons (Fsp3) is 0.100. The fourth-order valence-electron chi connectivity index (χ4n) is 1.39. The molecule has 0 aliphatic heterocycles. The van der Waals surface area contributed by atoms with Crippen LogP contribution in [-0.2, 0) is 0 Å². The third-order valence-electron chi connectivity index (χ3n) is 2.14. The third-order valence-corrected chi connectivity index (χ3v) is 2.14. The number of halogens is 2. The minimum absolute atomic E-state index is 0.0946. The van der Waals surface area contributed by atoms with Crippen LogP contribution in [-0.4, -0.2) is 12.3 Å². The van der Waals surface area contributed by atoms with Gasteiger partial charge in [0.15, 0.2) is 11.6 Å². The molecule has 6 heteroatoms. The van der Waals surface area contributed by atoms with Crippen molar-refractivity contribution < 1.29 is 18.0 Å². The molecule has 0 amide bonds. The SMILES string of the molecule is COc1ccc(F)c(F)c1-c1cnoc1N. The maximum atomic E-state index is 13.6. The topological polar surface area (TPSA) is 61.3 Å². The number of nitrogens with zero attached hydrogens (tertiary/aromatic N) is 1. The standard InChI is InChI=1S/C10H8F2N2O2/c1-15-7-3-2-6(11)9(12)8(7)5-4-14-16-10(5)13/h2-4H,13H2,1H3. The van der Waals surface area contributed by atoms with Crippen molar-refractivity contribution in [1.82, 2.24) is 5.16 Å². The van der Waals surface area contributed by atoms with E-state index >= 15 is 0 Å². The molecule has 1 aromatic carbocycles. The van der Waals surface area contributed by atoms with Crippen LogP contribution in [0.2, 0.25) is 0 Å². The molecule has 1 heterocycles. The molecular weight excluding hydrogens is 218 g/mol. The van der Waals surface area contributed by atoms with Gasteiger partial charge in [0.1, 0.15) is 5.75 Å². The number of rotatable bonds is 2. The maximum absolute atomic E-state index is 13.6. The Morgan fingerprint density at radius 1 is 1.38 bits per heavy atom. The molecule has 2 rings (SSSR count). The van der Waals surface area contributed by atoms with Crippen molar-refractivity contribution in [3.8, 4) is 16.9 Å². The van der Waals surface area contributed by atoms with Crippen LogP contribution in [0.25, 0.3) is 11.1 Å². The Kier molecular flexibility index (Phi) is 2.47. The molecule has 0 aliphatic carbocycles. The maximum Gasteiger partial charge on any atom is 0.230 e. The molecule has 0 saturated carbocycles. The molecule has 0 unspecified atom stereocenters. The molecule has 0 atom stereocenters. The first kappa shape index (κ1) is 10.4. The van der Waals surface area contributed by atoms with Crippen LogP contribution in [0.3, 0.4) is 0 Å². The zero-order chi connectivity index (χ0) is 11.7. The number of methoxy groups -OCH3 is 1. The summed E-state index contributed by atoms with van der Waals surface area (Å²) in [6, 6.07) is 2.28. The molecule has 16 heavy (non-hydrogen) atoms. The molecule has 0 radical (unpaired) electrons. The van der Waals surface area contributed by atoms with Crippen molar-refractivity contribution in [3.63, 3.8) is 0 Å². The molecule has 1 aromatic heterocycles. The molecule has 0 fully saturated rings. The Hall–Kier alpha value is -2.11. The Morgan fingerprint density at radius 3 is 2.69 bits per heavy atom. The number of hydrogen-bond acceptors (Lipinski definition) is 4. The van der Waals surface area contributed by atoms with Gasteiger partial charge >= 0.3 is 0 Å². The van der Waals surface area contributed by atoms with Crippen LogP contribution < -0.4 is 10.5 Å². The summed E-state index contributed by atoms with van der Waals surface area (Å²) in [5.74, 6) is -1.97. The third kappa shape index (κ3) is 1.48. The summed E-state index contributed by atoms with van der Waals surface area (Å²) in [7, 11) is 1.35. The second kappa shape index (κ2) is 3.80. The van der Waals surface area contributed by atoms with E-state index in [9.17, 15) is 8.78 Å². The molecule has 0 spiro atoms. The first-order chi connectivity index (χ1) is 7.65. The van der Waals surface area contributed by atoms with E-state index in [0.29, 0.717) is 0 Å². The van der Waals surface area contributed by atoms with Gasteiger partial charge in [0.2, 0.25) is 5.88 Å². The second-order valence-electron chi connectivity index (χ2n) is 3.04. The fourth-order valence-corrected chi connectivity index (χ4v) is 1.39. The van der Waals surface area contributed by atoms with Gasteiger partial charge in [0, 0.05) is 0 Å². The largest absolute Gasteiger partial charge is 0.496 e. The van der Waals surface area contributed by atoms with Gasteiger partial charge in [-0.1, -0.05) is 5.16 Å². The van der Waals surface area contributed by atoms with Crippen molar-refractivity contribution in [3.05, 3.63) is 30.0 Å². The summed E-state index contributed by atoms with van der Waals surface area (Å²) in [6.07, 6.45) is 1.20. The Balaban J connectivity index is 2.72. The highest BCUT2D eigenvalue weighted by Crippen LogP contribution is 2.36. The van der Waals surface area contributed by atoms with Gasteiger partial charge in [-0.25, -0.2) is 8.78 Å². The summed E-state index contributed by atoms with van der Waals surface area (Å²) in [5, 5.41) is 3.40. The molecule has 84 valence electrons. The number of nitrogens with two attached hydrogens (primary N) is 1. The highest BCUT2D eigenvalue weighted by molar-refractivity contribution is 5.77. The van der Waals surface area contributed by atoms with Gasteiger partial charge < -0.3 is 15.0 Å². The summed E-state index contributed by atoms with van der Waals surface area (Å²) in [5.41, 5.74) is 5.51. The van der Waals surface area contributed by atoms with Crippen LogP contribution in [0.4, 0.5) is 14.7 Å². The molecule has 2 N–H and O–H groups in total. The minimum Gasteiger partial charge on any atom is -0.496 e. The minimum atomic E-state index is -1.05. The van der Waals surface area contributed by atoms with Crippen molar-refractivity contribution in [2.24, 2.45) is 0 Å². The van der Waals surface area contributed by atoms with E-state index in [0.717, 1.165) is 6.07 Å². The number of nitrogen functional groups attached to an aromatic ring is 1. The van der Waals surface area contributed by atoms with Crippen LogP contribution in [0.5, 0.6) is 5.75 Å². The predicted molar refractivity (Wildman–Crippen MR) is 52.8 cm³/mol. The molecule has 0 bridgehead atoms. The number of aromatic nitrogens is 1. The quantitative estimate of drug-likeness (QED) is 0.852. The van der Waals surface area contributed by atoms with E-state index in [2.05, 4.69) is 9.68 Å². The molecule has 0 saturated heterocycles. The van der Waals surface area contributed by atoms with Gasteiger partial charge in [0.25, 0.3) is 0 Å². The van der Waals surface area contributed by atoms with Crippen LogP contribution in [0, 0.1) is 11.6 Å². The zero-order valence-electron chi connectivity index (χ0n) is 8.33. The smallest absolute Gasteiger partial charge is 0.230 e. The highest BCUT2D eigenvalue weighted by Gasteiger charge is 2.20. The average molecular weight is 226 g/mol. The van der Waals surface area contributed by atoms with Gasteiger partial charge in [0.05, 0.1) is 24.4 Å². The van der Waals surface area contributed by atoms with E-state index in [-0.39, 0.29) is 22.8 Å². The lowest BCUT2D eigenvalue weighted by molar-refractivity contribution is 0.409. The van der Waals surface area contributed by atoms with E-state index in [1.54, 1.807) is 0 Å². The first-order valence-electron chi connectivity index (χ1n) is 4.37. The number of anilines is 1. The lowest BCUT2D eigenvalue weighted by Gasteiger charge is -2.08. The molecule has 4 nitrogen and oxygen atoms in total. The van der Waals surface area contributed by atoms with Crippen molar-refractivity contribution >= 4 is 5.88 Å². The first-order valence-corrected chi connectivity index (χ1v) is 4.37. The molecule has 2 aromatic rings. The van der Waals surface area contributed by atoms with Crippen molar-refractivity contribution in [1.29, 1.82) is 0 Å². The Bertz CT molecular complexity index is 526. The highest BCUT2D eigenvalue weighted by atomic mass is 19.2. The van der Waals surface area contributed by atoms with E-state index < -0.39 is 11.6 Å². The van der Waals surface area contributed by atoms with Gasteiger partial charge in [-0.15, -0.1) is 0 Å². The van der Waals surface area contributed by atoms with E-state index in [1.165, 1.54) is 19.4 Å². The van der Waals surface area contributed by atoms with Gasteiger partial charge in [-0.05, 0) is 12.1 Å². The second-order valence-corrected chi connectivity index (χ2v) is 3.04. The summed E-state index contributed by atoms with van der Waals surface area (Å²) in [4.78, 5) is 0. The van der Waals surface area contributed by atoms with Gasteiger partial charge in [-0.2, -0.15) is 0 Å². The summed E-state index contributed by atoms with van der Waals surface area (Å²) < 4.78 is 36.2. The van der Waals surface area contributed by atoms with Crippen LogP contribution in [0.1, 0.15) is 0 Å². The monoisotopic (exact) mass is 226 g/mol. The Labute approximate surface area is 89.6 Å². The lowest BCUT2D eigenvalue weighted by Crippen LogP contribution is -1.96. The number of hydrogen-bond donors (Lipinski definition) is 1. The average Bonchev–Trinajstić information content (AvgIpc) is 2.68. The van der Waals surface area contributed by atoms with Crippen molar-refractivity contribution in [2.75, 3.05) is 12.8 Å². The van der Waals surface area contributed by atoms with Crippen LogP contribution >= 0.6 is 0 Å². The van der Waals surface area contributed by atoms with Gasteiger partial charge in [-0.3, -0.25) is 0 Å². The van der Waals surface area contributed by atoms with Crippen molar-refractivity contribution in [2.45, 2.75) is 0 Å². The summed E-state index contributed by atoms with van der Waals surface area (Å²) in [6.45, 7) is 0. The molecular formula is C10H8F2N2O2. The Morgan fingerprint density at radius 2 is 2.12 bits per heavy atom. The van der Waals surface area contributed by atoms with E-state index in [1.807, 2.05) is 0 Å². The molecule has 0 aliphatic rings. The normalized spacial score (nSPS) is 10.4. The van der Waals surface area contributed by atoms with Crippen LogP contribution in [0.15, 0.2) is 22.9 Å². The predicted octanol–water partition coefficient (Wildman–Crippen LogP) is 2.21. The number of benzene rings is 1. The number of ether oxygens (including phenoxy) is 1. The van der Waals surface area contributed by atoms with E-state index in [4.69, 9.17) is 10.5 Å². The zero-order valence-corrected chi connectivity index (χ0v) is 8.33. The lowest BCUT2D eigenvalue weighted by atomic mass is 10.1. The summed E-state index contributed by atoms with van der Waals surface area (Å²) >= 11 is 0.